The molecule has 1 N–H and O–H groups in total. The molecule has 1 aromatic rings. The van der Waals surface area contributed by atoms with Gasteiger partial charge in [0.25, 0.3) is 0 Å². The Bertz CT molecular complexity index is 417. The van der Waals surface area contributed by atoms with Gasteiger partial charge in [0.2, 0.25) is 0 Å². The van der Waals surface area contributed by atoms with Crippen molar-refractivity contribution in [1.29, 1.82) is 0 Å². The van der Waals surface area contributed by atoms with Crippen molar-refractivity contribution in [2.24, 2.45) is 0 Å². The third kappa shape index (κ3) is 6.17. The highest BCUT2D eigenvalue weighted by Gasteiger charge is 2.20. The number of halogens is 2. The Balaban J connectivity index is 0.00000220. The standard InChI is InChI=1S/C17H26N2O.2ClH/c1-4-5-17(19-12-10-18-11-13-19)15-6-8-16(9-7-15)20-14(2)3;;/h4,6-9,14,17-18H,1,5,10-13H2,2-3H3;2*1H/t17-;;/m1../s1. The third-order valence-electron chi connectivity index (χ3n) is 3.62. The van der Waals surface area contributed by atoms with Gasteiger partial charge < -0.3 is 10.1 Å². The summed E-state index contributed by atoms with van der Waals surface area (Å²) in [5, 5.41) is 3.41. The topological polar surface area (TPSA) is 24.5 Å². The molecule has 5 heteroatoms. The van der Waals surface area contributed by atoms with E-state index in [9.17, 15) is 0 Å². The van der Waals surface area contributed by atoms with Crippen molar-refractivity contribution >= 4 is 24.8 Å². The second-order valence-corrected chi connectivity index (χ2v) is 5.56. The summed E-state index contributed by atoms with van der Waals surface area (Å²) in [7, 11) is 0. The Kier molecular flexibility index (Phi) is 10.5. The zero-order chi connectivity index (χ0) is 14.4. The Labute approximate surface area is 146 Å². The molecule has 0 saturated carbocycles. The molecule has 1 aromatic carbocycles. The number of hydrogen-bond acceptors (Lipinski definition) is 3. The lowest BCUT2D eigenvalue weighted by molar-refractivity contribution is 0.174. The average molecular weight is 347 g/mol. The van der Waals surface area contributed by atoms with Crippen LogP contribution in [0, 0.1) is 0 Å². The number of nitrogens with zero attached hydrogens (tertiary/aromatic N) is 1. The number of piperazine rings is 1. The van der Waals surface area contributed by atoms with Gasteiger partial charge in [0.15, 0.2) is 0 Å². The van der Waals surface area contributed by atoms with E-state index in [1.165, 1.54) is 5.56 Å². The van der Waals surface area contributed by atoms with Gasteiger partial charge in [0.1, 0.15) is 5.75 Å². The molecule has 1 fully saturated rings. The smallest absolute Gasteiger partial charge is 0.119 e. The van der Waals surface area contributed by atoms with E-state index >= 15 is 0 Å². The fourth-order valence-electron chi connectivity index (χ4n) is 2.69. The number of nitrogens with one attached hydrogen (secondary N) is 1. The summed E-state index contributed by atoms with van der Waals surface area (Å²) in [6, 6.07) is 8.96. The minimum atomic E-state index is 0. The second kappa shape index (κ2) is 10.9. The fourth-order valence-corrected chi connectivity index (χ4v) is 2.69. The van der Waals surface area contributed by atoms with Gasteiger partial charge in [-0.2, -0.15) is 0 Å². The van der Waals surface area contributed by atoms with Crippen LogP contribution in [0.1, 0.15) is 31.9 Å². The summed E-state index contributed by atoms with van der Waals surface area (Å²) in [5.41, 5.74) is 1.35. The monoisotopic (exact) mass is 346 g/mol. The molecular weight excluding hydrogens is 319 g/mol. The first-order valence-corrected chi connectivity index (χ1v) is 7.53. The SMILES string of the molecule is C=CC[C@H](c1ccc(OC(C)C)cc1)N1CCNCC1.Cl.Cl. The molecule has 0 spiro atoms. The molecule has 0 aromatic heterocycles. The van der Waals surface area contributed by atoms with Gasteiger partial charge in [-0.25, -0.2) is 0 Å². The first kappa shape index (κ1) is 21.3. The van der Waals surface area contributed by atoms with Crippen molar-refractivity contribution in [3.8, 4) is 5.75 Å². The largest absolute Gasteiger partial charge is 0.491 e. The molecule has 3 nitrogen and oxygen atoms in total. The molecule has 1 aliphatic heterocycles. The Morgan fingerprint density at radius 2 is 1.77 bits per heavy atom. The summed E-state index contributed by atoms with van der Waals surface area (Å²) in [6.07, 6.45) is 3.23. The molecule has 0 amide bonds. The van der Waals surface area contributed by atoms with Crippen LogP contribution in [0.2, 0.25) is 0 Å². The van der Waals surface area contributed by atoms with Crippen LogP contribution in [0.4, 0.5) is 0 Å². The predicted octanol–water partition coefficient (Wildman–Crippen LogP) is 3.84. The lowest BCUT2D eigenvalue weighted by Gasteiger charge is -2.34. The maximum Gasteiger partial charge on any atom is 0.119 e. The second-order valence-electron chi connectivity index (χ2n) is 5.56. The molecule has 22 heavy (non-hydrogen) atoms. The highest BCUT2D eigenvalue weighted by molar-refractivity contribution is 5.85. The summed E-state index contributed by atoms with van der Waals surface area (Å²) in [4.78, 5) is 2.54. The summed E-state index contributed by atoms with van der Waals surface area (Å²) in [5.74, 6) is 0.946. The van der Waals surface area contributed by atoms with Crippen LogP contribution in [-0.2, 0) is 0 Å². The Morgan fingerprint density at radius 1 is 1.18 bits per heavy atom. The minimum absolute atomic E-state index is 0. The Morgan fingerprint density at radius 3 is 2.27 bits per heavy atom. The maximum absolute atomic E-state index is 5.71. The van der Waals surface area contributed by atoms with Crippen molar-refractivity contribution in [3.05, 3.63) is 42.5 Å². The van der Waals surface area contributed by atoms with E-state index in [0.29, 0.717) is 6.04 Å². The van der Waals surface area contributed by atoms with Gasteiger partial charge in [-0.1, -0.05) is 18.2 Å². The highest BCUT2D eigenvalue weighted by atomic mass is 35.5. The van der Waals surface area contributed by atoms with E-state index in [-0.39, 0.29) is 30.9 Å². The normalized spacial score (nSPS) is 16.3. The molecule has 1 saturated heterocycles. The van der Waals surface area contributed by atoms with Crippen LogP contribution < -0.4 is 10.1 Å². The molecule has 1 atom stereocenters. The van der Waals surface area contributed by atoms with Crippen molar-refractivity contribution in [1.82, 2.24) is 10.2 Å². The van der Waals surface area contributed by atoms with E-state index in [1.54, 1.807) is 0 Å². The fraction of sp³-hybridized carbons (Fsp3) is 0.529. The summed E-state index contributed by atoms with van der Waals surface area (Å²) in [6.45, 7) is 12.4. The summed E-state index contributed by atoms with van der Waals surface area (Å²) < 4.78 is 5.71. The first-order valence-electron chi connectivity index (χ1n) is 7.53. The zero-order valence-corrected chi connectivity index (χ0v) is 15.1. The van der Waals surface area contributed by atoms with Crippen LogP contribution in [0.5, 0.6) is 5.75 Å². The van der Waals surface area contributed by atoms with E-state index < -0.39 is 0 Å². The molecule has 1 aliphatic rings. The zero-order valence-electron chi connectivity index (χ0n) is 13.5. The molecule has 0 bridgehead atoms. The van der Waals surface area contributed by atoms with Crippen LogP contribution >= 0.6 is 24.8 Å². The lowest BCUT2D eigenvalue weighted by Crippen LogP contribution is -2.45. The number of hydrogen-bond donors (Lipinski definition) is 1. The van der Waals surface area contributed by atoms with E-state index in [0.717, 1.165) is 38.3 Å². The Hall–Kier alpha value is -0.740. The van der Waals surface area contributed by atoms with Crippen molar-refractivity contribution in [2.45, 2.75) is 32.4 Å². The van der Waals surface area contributed by atoms with Crippen molar-refractivity contribution in [2.75, 3.05) is 26.2 Å². The molecule has 2 rings (SSSR count). The lowest BCUT2D eigenvalue weighted by atomic mass is 10.0. The highest BCUT2D eigenvalue weighted by Crippen LogP contribution is 2.27. The van der Waals surface area contributed by atoms with Gasteiger partial charge in [0.05, 0.1) is 6.10 Å². The number of ether oxygens (including phenoxy) is 1. The predicted molar refractivity (Wildman–Crippen MR) is 98.7 cm³/mol. The van der Waals surface area contributed by atoms with Gasteiger partial charge in [-0.15, -0.1) is 31.4 Å². The van der Waals surface area contributed by atoms with E-state index in [2.05, 4.69) is 54.9 Å². The van der Waals surface area contributed by atoms with Gasteiger partial charge in [-0.3, -0.25) is 4.90 Å². The van der Waals surface area contributed by atoms with Crippen LogP contribution in [0.25, 0.3) is 0 Å². The first-order chi connectivity index (χ1) is 9.70. The van der Waals surface area contributed by atoms with Gasteiger partial charge in [-0.05, 0) is 38.0 Å². The average Bonchev–Trinajstić information content (AvgIpc) is 2.46. The molecule has 0 unspecified atom stereocenters. The molecule has 0 aliphatic carbocycles. The molecule has 1 heterocycles. The quantitative estimate of drug-likeness (QED) is 0.792. The van der Waals surface area contributed by atoms with Crippen LogP contribution in [-0.4, -0.2) is 37.2 Å². The third-order valence-corrected chi connectivity index (χ3v) is 3.62. The number of rotatable bonds is 6. The van der Waals surface area contributed by atoms with Crippen LogP contribution in [0.15, 0.2) is 36.9 Å². The maximum atomic E-state index is 5.71. The minimum Gasteiger partial charge on any atom is -0.491 e. The van der Waals surface area contributed by atoms with E-state index in [1.807, 2.05) is 6.08 Å². The molecule has 126 valence electrons. The van der Waals surface area contributed by atoms with Gasteiger partial charge in [0, 0.05) is 32.2 Å². The van der Waals surface area contributed by atoms with Crippen molar-refractivity contribution < 1.29 is 4.74 Å². The van der Waals surface area contributed by atoms with E-state index in [4.69, 9.17) is 4.74 Å². The summed E-state index contributed by atoms with van der Waals surface area (Å²) >= 11 is 0. The van der Waals surface area contributed by atoms with Gasteiger partial charge >= 0.3 is 0 Å². The van der Waals surface area contributed by atoms with Crippen molar-refractivity contribution in [3.63, 3.8) is 0 Å². The molecular formula is C17H28Cl2N2O. The number of benzene rings is 1. The molecule has 0 radical (unpaired) electrons. The van der Waals surface area contributed by atoms with Crippen LogP contribution in [0.3, 0.4) is 0 Å².